The number of piperidine rings is 1. The molecular formula is C13H25NO2. The molecule has 1 fully saturated rings. The molecule has 0 aromatic carbocycles. The Balaban J connectivity index is 2.71. The van der Waals surface area contributed by atoms with Crippen molar-refractivity contribution in [2.45, 2.75) is 65.0 Å². The third-order valence-corrected chi connectivity index (χ3v) is 4.03. The van der Waals surface area contributed by atoms with E-state index in [0.717, 1.165) is 38.6 Å². The summed E-state index contributed by atoms with van der Waals surface area (Å²) in [6.07, 6.45) is 5.22. The number of rotatable bonds is 5. The minimum atomic E-state index is -0.634. The first-order valence-corrected chi connectivity index (χ1v) is 6.62. The summed E-state index contributed by atoms with van der Waals surface area (Å²) in [4.78, 5) is 13.5. The van der Waals surface area contributed by atoms with Gasteiger partial charge in [0, 0.05) is 6.04 Å². The number of likely N-dealkylation sites (tertiary alicyclic amines) is 1. The van der Waals surface area contributed by atoms with E-state index in [0.29, 0.717) is 12.0 Å². The summed E-state index contributed by atoms with van der Waals surface area (Å²) in [5.41, 5.74) is 0. The topological polar surface area (TPSA) is 40.5 Å². The second kappa shape index (κ2) is 6.24. The van der Waals surface area contributed by atoms with E-state index in [1.165, 1.54) is 0 Å². The average Bonchev–Trinajstić information content (AvgIpc) is 2.30. The molecule has 0 aliphatic carbocycles. The maximum Gasteiger partial charge on any atom is 0.320 e. The van der Waals surface area contributed by atoms with Gasteiger partial charge in [-0.15, -0.1) is 0 Å². The molecule has 0 amide bonds. The summed E-state index contributed by atoms with van der Waals surface area (Å²) in [6, 6.07) is 0.197. The summed E-state index contributed by atoms with van der Waals surface area (Å²) >= 11 is 0. The highest BCUT2D eigenvalue weighted by molar-refractivity contribution is 5.73. The van der Waals surface area contributed by atoms with Crippen LogP contribution >= 0.6 is 0 Å². The first kappa shape index (κ1) is 13.5. The van der Waals surface area contributed by atoms with Crippen molar-refractivity contribution in [1.82, 2.24) is 4.90 Å². The summed E-state index contributed by atoms with van der Waals surface area (Å²) in [5, 5.41) is 9.32. The average molecular weight is 227 g/mol. The Hall–Kier alpha value is -0.570. The van der Waals surface area contributed by atoms with Gasteiger partial charge in [0.2, 0.25) is 0 Å². The van der Waals surface area contributed by atoms with Crippen LogP contribution in [-0.2, 0) is 4.79 Å². The molecule has 1 aliphatic rings. The van der Waals surface area contributed by atoms with Crippen LogP contribution in [0.2, 0.25) is 0 Å². The van der Waals surface area contributed by atoms with E-state index >= 15 is 0 Å². The highest BCUT2D eigenvalue weighted by atomic mass is 16.4. The fraction of sp³-hybridized carbons (Fsp3) is 0.923. The minimum absolute atomic E-state index is 0.247. The lowest BCUT2D eigenvalue weighted by Crippen LogP contribution is -2.51. The van der Waals surface area contributed by atoms with Crippen LogP contribution in [0.3, 0.4) is 0 Å². The Labute approximate surface area is 98.8 Å². The van der Waals surface area contributed by atoms with Crippen LogP contribution in [-0.4, -0.2) is 34.6 Å². The van der Waals surface area contributed by atoms with Gasteiger partial charge in [0.25, 0.3) is 0 Å². The van der Waals surface area contributed by atoms with Crippen molar-refractivity contribution in [3.63, 3.8) is 0 Å². The van der Waals surface area contributed by atoms with Gasteiger partial charge in [-0.1, -0.05) is 27.2 Å². The van der Waals surface area contributed by atoms with Crippen LogP contribution in [0.5, 0.6) is 0 Å². The molecule has 0 aromatic rings. The van der Waals surface area contributed by atoms with Gasteiger partial charge in [-0.2, -0.15) is 0 Å². The molecule has 0 saturated carbocycles. The van der Waals surface area contributed by atoms with Crippen molar-refractivity contribution in [1.29, 1.82) is 0 Å². The number of aliphatic carboxylic acids is 1. The number of carboxylic acid groups (broad SMARTS) is 1. The van der Waals surface area contributed by atoms with E-state index < -0.39 is 5.97 Å². The highest BCUT2D eigenvalue weighted by Gasteiger charge is 2.35. The largest absolute Gasteiger partial charge is 0.480 e. The second-order valence-corrected chi connectivity index (χ2v) is 4.86. The quantitative estimate of drug-likeness (QED) is 0.785. The number of hydrogen-bond donors (Lipinski definition) is 1. The van der Waals surface area contributed by atoms with Crippen molar-refractivity contribution < 1.29 is 9.90 Å². The first-order valence-electron chi connectivity index (χ1n) is 6.62. The molecule has 0 radical (unpaired) electrons. The minimum Gasteiger partial charge on any atom is -0.480 e. The van der Waals surface area contributed by atoms with Gasteiger partial charge in [-0.3, -0.25) is 9.69 Å². The number of carbonyl (C=O) groups is 1. The van der Waals surface area contributed by atoms with E-state index in [4.69, 9.17) is 0 Å². The molecule has 1 rings (SSSR count). The van der Waals surface area contributed by atoms with Crippen molar-refractivity contribution in [3.8, 4) is 0 Å². The third kappa shape index (κ3) is 2.97. The molecular weight excluding hydrogens is 202 g/mol. The zero-order chi connectivity index (χ0) is 12.1. The fourth-order valence-electron chi connectivity index (χ4n) is 2.86. The van der Waals surface area contributed by atoms with Gasteiger partial charge in [0.05, 0.1) is 0 Å². The van der Waals surface area contributed by atoms with Gasteiger partial charge in [0.15, 0.2) is 0 Å². The zero-order valence-corrected chi connectivity index (χ0v) is 10.8. The molecule has 0 aromatic heterocycles. The highest BCUT2D eigenvalue weighted by Crippen LogP contribution is 2.28. The standard InChI is InChI=1S/C13H25NO2/c1-4-10-7-8-14(11(5-2)6-3)12(9-10)13(15)16/h10-12H,4-9H2,1-3H3,(H,15,16). The molecule has 3 heteroatoms. The lowest BCUT2D eigenvalue weighted by Gasteiger charge is -2.41. The first-order chi connectivity index (χ1) is 7.63. The summed E-state index contributed by atoms with van der Waals surface area (Å²) in [7, 11) is 0. The monoisotopic (exact) mass is 227 g/mol. The van der Waals surface area contributed by atoms with E-state index in [-0.39, 0.29) is 6.04 Å². The predicted molar refractivity (Wildman–Crippen MR) is 65.5 cm³/mol. The normalized spacial score (nSPS) is 27.2. The van der Waals surface area contributed by atoms with Gasteiger partial charge in [-0.05, 0) is 38.1 Å². The Kier molecular flexibility index (Phi) is 5.26. The van der Waals surface area contributed by atoms with Crippen LogP contribution in [0.25, 0.3) is 0 Å². The van der Waals surface area contributed by atoms with Crippen molar-refractivity contribution in [2.24, 2.45) is 5.92 Å². The maximum atomic E-state index is 11.3. The number of hydrogen-bond acceptors (Lipinski definition) is 2. The molecule has 0 spiro atoms. The van der Waals surface area contributed by atoms with Crippen LogP contribution in [0.15, 0.2) is 0 Å². The fourth-order valence-corrected chi connectivity index (χ4v) is 2.86. The molecule has 2 atom stereocenters. The van der Waals surface area contributed by atoms with Crippen LogP contribution in [0.1, 0.15) is 52.9 Å². The Bertz CT molecular complexity index is 226. The smallest absolute Gasteiger partial charge is 0.320 e. The van der Waals surface area contributed by atoms with Crippen LogP contribution in [0.4, 0.5) is 0 Å². The third-order valence-electron chi connectivity index (χ3n) is 4.03. The summed E-state index contributed by atoms with van der Waals surface area (Å²) < 4.78 is 0. The van der Waals surface area contributed by atoms with Crippen LogP contribution < -0.4 is 0 Å². The van der Waals surface area contributed by atoms with Gasteiger partial charge in [-0.25, -0.2) is 0 Å². The van der Waals surface area contributed by atoms with Crippen molar-refractivity contribution in [3.05, 3.63) is 0 Å². The molecule has 0 bridgehead atoms. The molecule has 1 saturated heterocycles. The van der Waals surface area contributed by atoms with Gasteiger partial charge in [0.1, 0.15) is 6.04 Å². The Morgan fingerprint density at radius 1 is 1.38 bits per heavy atom. The second-order valence-electron chi connectivity index (χ2n) is 4.86. The maximum absolute atomic E-state index is 11.3. The summed E-state index contributed by atoms with van der Waals surface area (Å²) in [5.74, 6) is -0.0308. The van der Waals surface area contributed by atoms with Gasteiger partial charge >= 0.3 is 5.97 Å². The van der Waals surface area contributed by atoms with E-state index in [9.17, 15) is 9.90 Å². The molecule has 2 unspecified atom stereocenters. The SMILES string of the molecule is CCC1CCN(C(CC)CC)C(C(=O)O)C1. The number of carboxylic acids is 1. The lowest BCUT2D eigenvalue weighted by molar-refractivity contribution is -0.147. The number of nitrogens with zero attached hydrogens (tertiary/aromatic N) is 1. The molecule has 94 valence electrons. The Morgan fingerprint density at radius 2 is 2.00 bits per heavy atom. The van der Waals surface area contributed by atoms with E-state index in [1.54, 1.807) is 0 Å². The molecule has 1 aliphatic heterocycles. The zero-order valence-electron chi connectivity index (χ0n) is 10.8. The molecule has 16 heavy (non-hydrogen) atoms. The summed E-state index contributed by atoms with van der Waals surface area (Å²) in [6.45, 7) is 7.43. The van der Waals surface area contributed by atoms with E-state index in [2.05, 4.69) is 25.7 Å². The molecule has 1 heterocycles. The van der Waals surface area contributed by atoms with Gasteiger partial charge < -0.3 is 5.11 Å². The van der Waals surface area contributed by atoms with Crippen molar-refractivity contribution in [2.75, 3.05) is 6.54 Å². The van der Waals surface area contributed by atoms with Crippen molar-refractivity contribution >= 4 is 5.97 Å². The predicted octanol–water partition coefficient (Wildman–Crippen LogP) is 2.75. The molecule has 3 nitrogen and oxygen atoms in total. The molecule has 1 N–H and O–H groups in total. The Morgan fingerprint density at radius 3 is 2.44 bits per heavy atom. The lowest BCUT2D eigenvalue weighted by atomic mass is 9.87. The van der Waals surface area contributed by atoms with E-state index in [1.807, 2.05) is 0 Å². The van der Waals surface area contributed by atoms with Crippen LogP contribution in [0, 0.1) is 5.92 Å².